The summed E-state index contributed by atoms with van der Waals surface area (Å²) in [6.45, 7) is 19.5. The molecule has 0 spiro atoms. The highest BCUT2D eigenvalue weighted by molar-refractivity contribution is 6.23. The van der Waals surface area contributed by atoms with Gasteiger partial charge in [0.15, 0.2) is 5.76 Å². The highest BCUT2D eigenvalue weighted by Crippen LogP contribution is 2.77. The highest BCUT2D eigenvalue weighted by Gasteiger charge is 2.72. The molecule has 0 aliphatic heterocycles. The maximum Gasteiger partial charge on any atom is 0.324 e. The van der Waals surface area contributed by atoms with Crippen LogP contribution in [0.4, 0.5) is 4.79 Å². The van der Waals surface area contributed by atoms with Gasteiger partial charge in [-0.1, -0.05) is 39.8 Å². The van der Waals surface area contributed by atoms with E-state index in [1.165, 1.54) is 11.7 Å². The molecule has 0 aromatic carbocycles. The molecule has 1 aromatic rings. The van der Waals surface area contributed by atoms with Crippen molar-refractivity contribution in [2.75, 3.05) is 47.4 Å². The molecule has 6 aliphatic rings. The van der Waals surface area contributed by atoms with Crippen molar-refractivity contribution in [1.82, 2.24) is 19.7 Å². The number of aromatic nitrogens is 1. The lowest BCUT2D eigenvalue weighted by molar-refractivity contribution is -0.254. The number of imide groups is 1. The van der Waals surface area contributed by atoms with Crippen LogP contribution < -0.4 is 5.32 Å². The molecule has 6 aliphatic carbocycles. The second-order valence-corrected chi connectivity index (χ2v) is 22.6. The van der Waals surface area contributed by atoms with Crippen molar-refractivity contribution >= 4 is 35.4 Å². The average molecular weight is 931 g/mol. The van der Waals surface area contributed by atoms with Crippen LogP contribution in [-0.2, 0) is 42.2 Å². The number of fused-ring (bicyclic) bond motifs is 8. The topological polar surface area (TPSA) is 174 Å². The number of amides is 3. The first-order valence-corrected chi connectivity index (χ1v) is 25.0. The fourth-order valence-corrected chi connectivity index (χ4v) is 15.5. The number of aliphatic hydroxyl groups excluding tert-OH is 1. The van der Waals surface area contributed by atoms with E-state index in [2.05, 4.69) is 51.4 Å². The molecule has 14 heteroatoms. The molecule has 5 saturated carbocycles. The SMILES string of the molecule is C=C(C)[C@@H]1CC[C@]2(C(=O)N(CCCN(C)C)C(=O)NCC)CC[C@]3(C)[C@H](CC[C@@H]4[C@@]5(C)CC[C@H](O)[C@@](C)(COC(=O)CCC(=O)OCc6cn(C)c7c6C(=O)C(OC)=CC7=O)[C@@H]5CC[C@]43C)[C@@H]12. The monoisotopic (exact) mass is 931 g/mol. The summed E-state index contributed by atoms with van der Waals surface area (Å²) in [5, 5.41) is 14.8. The molecule has 1 aromatic heterocycles. The summed E-state index contributed by atoms with van der Waals surface area (Å²) in [5.41, 5.74) is 0.269. The number of carbonyl (C=O) groups excluding carboxylic acids is 6. The largest absolute Gasteiger partial charge is 0.492 e. The minimum absolute atomic E-state index is 0.000453. The molecular formula is C53H78N4O10. The normalized spacial score (nSPS) is 35.3. The molecule has 0 radical (unpaired) electrons. The number of methoxy groups -OCH3 is 1. The van der Waals surface area contributed by atoms with E-state index in [4.69, 9.17) is 14.2 Å². The number of ketones is 2. The van der Waals surface area contributed by atoms with Crippen molar-refractivity contribution in [3.05, 3.63) is 47.0 Å². The van der Waals surface area contributed by atoms with Crippen molar-refractivity contribution in [2.45, 2.75) is 138 Å². The van der Waals surface area contributed by atoms with E-state index >= 15 is 4.79 Å². The maximum atomic E-state index is 15.2. The Morgan fingerprint density at radius 1 is 0.896 bits per heavy atom. The molecule has 3 amide bonds. The van der Waals surface area contributed by atoms with Gasteiger partial charge in [0.25, 0.3) is 0 Å². The zero-order chi connectivity index (χ0) is 49.0. The number of nitrogens with zero attached hydrogens (tertiary/aromatic N) is 3. The van der Waals surface area contributed by atoms with Gasteiger partial charge >= 0.3 is 18.0 Å². The summed E-state index contributed by atoms with van der Waals surface area (Å²) in [4.78, 5) is 84.4. The van der Waals surface area contributed by atoms with Crippen LogP contribution in [0.15, 0.2) is 30.2 Å². The Kier molecular flexibility index (Phi) is 14.3. The third-order valence-electron chi connectivity index (χ3n) is 19.0. The second-order valence-electron chi connectivity index (χ2n) is 22.6. The molecule has 0 bridgehead atoms. The zero-order valence-corrected chi connectivity index (χ0v) is 42.0. The number of ether oxygens (including phenoxy) is 3. The van der Waals surface area contributed by atoms with Gasteiger partial charge in [0.1, 0.15) is 12.3 Å². The molecule has 1 heterocycles. The third kappa shape index (κ3) is 8.41. The number of hydrogen-bond donors (Lipinski definition) is 2. The van der Waals surface area contributed by atoms with Gasteiger partial charge in [-0.2, -0.15) is 0 Å². The van der Waals surface area contributed by atoms with Gasteiger partial charge in [-0.3, -0.25) is 28.9 Å². The van der Waals surface area contributed by atoms with Crippen LogP contribution in [0.3, 0.4) is 0 Å². The van der Waals surface area contributed by atoms with Crippen molar-refractivity contribution in [1.29, 1.82) is 0 Å². The predicted molar refractivity (Wildman–Crippen MR) is 252 cm³/mol. The van der Waals surface area contributed by atoms with E-state index in [0.717, 1.165) is 76.0 Å². The van der Waals surface area contributed by atoms with Crippen LogP contribution in [0.1, 0.15) is 151 Å². The number of esters is 2. The van der Waals surface area contributed by atoms with Gasteiger partial charge in [-0.15, -0.1) is 0 Å². The Morgan fingerprint density at radius 3 is 2.25 bits per heavy atom. The summed E-state index contributed by atoms with van der Waals surface area (Å²) in [6, 6.07) is -0.291. The number of aliphatic hydroxyl groups is 1. The fourth-order valence-electron chi connectivity index (χ4n) is 15.5. The summed E-state index contributed by atoms with van der Waals surface area (Å²) in [7, 11) is 6.98. The zero-order valence-electron chi connectivity index (χ0n) is 42.0. The number of carbonyl (C=O) groups is 6. The number of aryl methyl sites for hydroxylation is 1. The second kappa shape index (κ2) is 18.9. The van der Waals surface area contributed by atoms with Crippen molar-refractivity contribution in [3.8, 4) is 0 Å². The van der Waals surface area contributed by atoms with E-state index in [1.54, 1.807) is 18.1 Å². The van der Waals surface area contributed by atoms with Crippen molar-refractivity contribution in [2.24, 2.45) is 63.7 Å². The Hall–Kier alpha value is -4.30. The van der Waals surface area contributed by atoms with E-state index in [0.29, 0.717) is 37.4 Å². The molecule has 2 N–H and O–H groups in total. The van der Waals surface area contributed by atoms with Gasteiger partial charge in [0.2, 0.25) is 17.5 Å². The van der Waals surface area contributed by atoms with Crippen LogP contribution in [0.5, 0.6) is 0 Å². The fraction of sp³-hybridized carbons (Fsp3) is 0.736. The Balaban J connectivity index is 1.04. The number of Topliss-reactive ketones (excluding diaryl/α,β-unsaturated/α-hetero) is 1. The molecule has 0 saturated heterocycles. The minimum Gasteiger partial charge on any atom is -0.492 e. The summed E-state index contributed by atoms with van der Waals surface area (Å²) in [5.74, 6) is -1.09. The van der Waals surface area contributed by atoms with Crippen LogP contribution in [0.25, 0.3) is 0 Å². The standard InChI is InChI=1S/C53H78N4O10/c1-12-54-48(64)57(27-13-26-55(8)9)47(63)53-23-18-34(32(2)3)44(53)35-14-15-39-49(4)21-20-40(59)50(5,38(49)19-22-52(39,7)51(35,6)24-25-53)31-67-42(61)17-16-41(60)66-30-33-29-56(10)45-36(58)28-37(65-11)46(62)43(33)45/h28-29,34-35,38-40,44,59H,2,12-27,30-31H2,1,3-11H3,(H,54,64)/t34-,35+,38+,39+,40-,44+,49-,50-,51+,52+,53-/m0/s1. The first-order valence-electron chi connectivity index (χ1n) is 25.0. The summed E-state index contributed by atoms with van der Waals surface area (Å²) >= 11 is 0. The Bertz CT molecular complexity index is 2200. The number of hydrogen-bond acceptors (Lipinski definition) is 11. The smallest absolute Gasteiger partial charge is 0.324 e. The molecule has 11 atom stereocenters. The molecule has 5 fully saturated rings. The average Bonchev–Trinajstić information content (AvgIpc) is 3.85. The lowest BCUT2D eigenvalue weighted by Gasteiger charge is -2.73. The first kappa shape index (κ1) is 50.6. The van der Waals surface area contributed by atoms with E-state index in [-0.39, 0.29) is 101 Å². The van der Waals surface area contributed by atoms with Gasteiger partial charge in [-0.25, -0.2) is 4.79 Å². The molecular weight excluding hydrogens is 853 g/mol. The van der Waals surface area contributed by atoms with Crippen molar-refractivity contribution in [3.63, 3.8) is 0 Å². The lowest BCUT2D eigenvalue weighted by atomic mass is 9.32. The van der Waals surface area contributed by atoms with Crippen LogP contribution in [-0.4, -0.2) is 108 Å². The molecule has 14 nitrogen and oxygen atoms in total. The quantitative estimate of drug-likeness (QED) is 0.130. The highest BCUT2D eigenvalue weighted by atomic mass is 16.5. The van der Waals surface area contributed by atoms with E-state index in [1.807, 2.05) is 21.0 Å². The lowest BCUT2D eigenvalue weighted by Crippen LogP contribution is -2.68. The third-order valence-corrected chi connectivity index (χ3v) is 19.0. The van der Waals surface area contributed by atoms with Crippen LogP contribution in [0, 0.1) is 56.7 Å². The number of rotatable bonds is 15. The summed E-state index contributed by atoms with van der Waals surface area (Å²) in [6.07, 6.45) is 11.0. The predicted octanol–water partition coefficient (Wildman–Crippen LogP) is 7.81. The number of nitrogens with one attached hydrogen (secondary N) is 1. The molecule has 67 heavy (non-hydrogen) atoms. The van der Waals surface area contributed by atoms with Gasteiger partial charge in [0.05, 0.1) is 43.6 Å². The molecule has 370 valence electrons. The maximum absolute atomic E-state index is 15.2. The van der Waals surface area contributed by atoms with Crippen LogP contribution in [0.2, 0.25) is 0 Å². The first-order chi connectivity index (χ1) is 31.5. The van der Waals surface area contributed by atoms with Crippen molar-refractivity contribution < 1.29 is 48.1 Å². The minimum atomic E-state index is -0.701. The number of urea groups is 1. The van der Waals surface area contributed by atoms with Gasteiger partial charge < -0.3 is 34.1 Å². The van der Waals surface area contributed by atoms with E-state index in [9.17, 15) is 29.1 Å². The van der Waals surface area contributed by atoms with E-state index < -0.39 is 34.7 Å². The van der Waals surface area contributed by atoms with Gasteiger partial charge in [0, 0.05) is 43.4 Å². The van der Waals surface area contributed by atoms with Gasteiger partial charge in [-0.05, 0) is 151 Å². The Morgan fingerprint density at radius 2 is 1.60 bits per heavy atom. The molecule has 0 unspecified atom stereocenters. The van der Waals surface area contributed by atoms with Crippen LogP contribution >= 0.6 is 0 Å². The Labute approximate surface area is 397 Å². The summed E-state index contributed by atoms with van der Waals surface area (Å²) < 4.78 is 18.1. The molecule has 7 rings (SSSR count). The number of allylic oxidation sites excluding steroid dienone is 3.